The van der Waals surface area contributed by atoms with Crippen LogP contribution < -0.4 is 10.1 Å². The Bertz CT molecular complexity index is 520. The second-order valence-electron chi connectivity index (χ2n) is 4.63. The van der Waals surface area contributed by atoms with Crippen LogP contribution in [0.2, 0.25) is 0 Å². The molecule has 0 atom stereocenters. The molecular formula is C14H15NO3S. The van der Waals surface area contributed by atoms with Crippen LogP contribution in [0.1, 0.15) is 19.4 Å². The van der Waals surface area contributed by atoms with Crippen LogP contribution in [0.4, 0.5) is 4.79 Å². The molecule has 1 aromatic carbocycles. The topological polar surface area (TPSA) is 55.4 Å². The molecule has 2 rings (SSSR count). The van der Waals surface area contributed by atoms with Crippen molar-refractivity contribution in [3.05, 3.63) is 34.7 Å². The van der Waals surface area contributed by atoms with Gasteiger partial charge in [-0.1, -0.05) is 26.0 Å². The van der Waals surface area contributed by atoms with E-state index in [2.05, 4.69) is 19.2 Å². The van der Waals surface area contributed by atoms with Gasteiger partial charge in [0, 0.05) is 0 Å². The smallest absolute Gasteiger partial charge is 0.290 e. The van der Waals surface area contributed by atoms with Gasteiger partial charge < -0.3 is 4.74 Å². The normalized spacial score (nSPS) is 17.1. The lowest BCUT2D eigenvalue weighted by Gasteiger charge is -2.08. The predicted molar refractivity (Wildman–Crippen MR) is 75.9 cm³/mol. The molecule has 0 aliphatic carbocycles. The fourth-order valence-corrected chi connectivity index (χ4v) is 2.18. The van der Waals surface area contributed by atoms with Crippen molar-refractivity contribution in [2.75, 3.05) is 6.61 Å². The Hall–Kier alpha value is -1.75. The van der Waals surface area contributed by atoms with E-state index >= 15 is 0 Å². The molecule has 100 valence electrons. The Balaban J connectivity index is 2.04. The van der Waals surface area contributed by atoms with Crippen molar-refractivity contribution in [2.45, 2.75) is 13.8 Å². The SMILES string of the molecule is CC(C)COc1ccc(/C=C2\SC(=O)NC2=O)cc1. The summed E-state index contributed by atoms with van der Waals surface area (Å²) >= 11 is 0.917. The molecule has 1 saturated heterocycles. The Labute approximate surface area is 116 Å². The molecule has 0 spiro atoms. The number of hydrogen-bond donors (Lipinski definition) is 1. The Kier molecular flexibility index (Phi) is 4.27. The molecule has 1 heterocycles. The highest BCUT2D eigenvalue weighted by molar-refractivity contribution is 8.18. The second kappa shape index (κ2) is 5.93. The van der Waals surface area contributed by atoms with E-state index in [9.17, 15) is 9.59 Å². The fraction of sp³-hybridized carbons (Fsp3) is 0.286. The maximum absolute atomic E-state index is 11.4. The molecule has 2 amide bonds. The fourth-order valence-electron chi connectivity index (χ4n) is 1.50. The predicted octanol–water partition coefficient (Wildman–Crippen LogP) is 3.05. The zero-order valence-corrected chi connectivity index (χ0v) is 11.6. The first-order valence-electron chi connectivity index (χ1n) is 6.02. The number of amides is 2. The summed E-state index contributed by atoms with van der Waals surface area (Å²) in [5.74, 6) is 0.942. The first kappa shape index (κ1) is 13.7. The third kappa shape index (κ3) is 3.86. The molecule has 0 aromatic heterocycles. The lowest BCUT2D eigenvalue weighted by molar-refractivity contribution is -0.115. The van der Waals surface area contributed by atoms with Gasteiger partial charge in [0.25, 0.3) is 11.1 Å². The van der Waals surface area contributed by atoms with Crippen LogP contribution >= 0.6 is 11.8 Å². The van der Waals surface area contributed by atoms with Crippen LogP contribution in [0, 0.1) is 5.92 Å². The van der Waals surface area contributed by atoms with E-state index in [1.807, 2.05) is 24.3 Å². The van der Waals surface area contributed by atoms with E-state index in [4.69, 9.17) is 4.74 Å². The van der Waals surface area contributed by atoms with Crippen LogP contribution in [0.25, 0.3) is 6.08 Å². The number of hydrogen-bond acceptors (Lipinski definition) is 4. The highest BCUT2D eigenvalue weighted by atomic mass is 32.2. The van der Waals surface area contributed by atoms with Gasteiger partial charge in [-0.05, 0) is 41.5 Å². The van der Waals surface area contributed by atoms with Gasteiger partial charge in [-0.3, -0.25) is 14.9 Å². The zero-order chi connectivity index (χ0) is 13.8. The lowest BCUT2D eigenvalue weighted by Crippen LogP contribution is -2.17. The second-order valence-corrected chi connectivity index (χ2v) is 5.64. The van der Waals surface area contributed by atoms with Crippen LogP contribution in [-0.2, 0) is 4.79 Å². The summed E-state index contributed by atoms with van der Waals surface area (Å²) in [4.78, 5) is 22.8. The Morgan fingerprint density at radius 3 is 2.47 bits per heavy atom. The zero-order valence-electron chi connectivity index (χ0n) is 10.8. The molecule has 0 radical (unpaired) electrons. The van der Waals surface area contributed by atoms with Crippen molar-refractivity contribution >= 4 is 29.0 Å². The number of carbonyl (C=O) groups is 2. The minimum Gasteiger partial charge on any atom is -0.493 e. The standard InChI is InChI=1S/C14H15NO3S/c1-9(2)8-18-11-5-3-10(4-6-11)7-12-13(16)15-14(17)19-12/h3-7,9H,8H2,1-2H3,(H,15,16,17)/b12-7-. The lowest BCUT2D eigenvalue weighted by atomic mass is 10.2. The van der Waals surface area contributed by atoms with Gasteiger partial charge in [-0.2, -0.15) is 0 Å². The van der Waals surface area contributed by atoms with Gasteiger partial charge >= 0.3 is 0 Å². The number of ether oxygens (including phenoxy) is 1. The summed E-state index contributed by atoms with van der Waals surface area (Å²) < 4.78 is 5.57. The molecule has 4 nitrogen and oxygen atoms in total. The van der Waals surface area contributed by atoms with E-state index in [-0.39, 0.29) is 11.1 Å². The largest absolute Gasteiger partial charge is 0.493 e. The van der Waals surface area contributed by atoms with E-state index in [1.54, 1.807) is 6.08 Å². The van der Waals surface area contributed by atoms with Gasteiger partial charge in [0.05, 0.1) is 11.5 Å². The molecule has 5 heteroatoms. The summed E-state index contributed by atoms with van der Waals surface area (Å²) in [6.07, 6.45) is 1.69. The molecule has 0 bridgehead atoms. The number of benzene rings is 1. The molecule has 0 unspecified atom stereocenters. The van der Waals surface area contributed by atoms with Crippen LogP contribution in [0.3, 0.4) is 0 Å². The number of thioether (sulfide) groups is 1. The van der Waals surface area contributed by atoms with Crippen LogP contribution in [-0.4, -0.2) is 17.8 Å². The van der Waals surface area contributed by atoms with Crippen molar-refractivity contribution in [2.24, 2.45) is 5.92 Å². The summed E-state index contributed by atoms with van der Waals surface area (Å²) in [5, 5.41) is 1.90. The summed E-state index contributed by atoms with van der Waals surface area (Å²) in [6.45, 7) is 4.85. The molecule has 1 aromatic rings. The molecular weight excluding hydrogens is 262 g/mol. The summed E-state index contributed by atoms with van der Waals surface area (Å²) in [5.41, 5.74) is 0.865. The average Bonchev–Trinajstić information content (AvgIpc) is 2.67. The van der Waals surface area contributed by atoms with Gasteiger partial charge in [0.1, 0.15) is 5.75 Å². The third-order valence-electron chi connectivity index (χ3n) is 2.40. The summed E-state index contributed by atoms with van der Waals surface area (Å²) in [6, 6.07) is 7.43. The van der Waals surface area contributed by atoms with E-state index in [0.29, 0.717) is 17.4 Å². The highest BCUT2D eigenvalue weighted by Crippen LogP contribution is 2.26. The molecule has 19 heavy (non-hydrogen) atoms. The Morgan fingerprint density at radius 1 is 1.26 bits per heavy atom. The molecule has 1 N–H and O–H groups in total. The molecule has 1 aliphatic heterocycles. The van der Waals surface area contributed by atoms with E-state index in [1.165, 1.54) is 0 Å². The quantitative estimate of drug-likeness (QED) is 0.859. The molecule has 1 fully saturated rings. The first-order valence-corrected chi connectivity index (χ1v) is 6.84. The average molecular weight is 277 g/mol. The maximum Gasteiger partial charge on any atom is 0.290 e. The van der Waals surface area contributed by atoms with Gasteiger partial charge in [-0.25, -0.2) is 0 Å². The monoisotopic (exact) mass is 277 g/mol. The van der Waals surface area contributed by atoms with Crippen LogP contribution in [0.5, 0.6) is 5.75 Å². The highest BCUT2D eigenvalue weighted by Gasteiger charge is 2.24. The van der Waals surface area contributed by atoms with Crippen molar-refractivity contribution in [1.29, 1.82) is 0 Å². The van der Waals surface area contributed by atoms with Gasteiger partial charge in [0.15, 0.2) is 0 Å². The third-order valence-corrected chi connectivity index (χ3v) is 3.21. The summed E-state index contributed by atoms with van der Waals surface area (Å²) in [7, 11) is 0. The number of nitrogens with one attached hydrogen (secondary N) is 1. The van der Waals surface area contributed by atoms with Crippen molar-refractivity contribution in [3.63, 3.8) is 0 Å². The number of carbonyl (C=O) groups excluding carboxylic acids is 2. The van der Waals surface area contributed by atoms with E-state index in [0.717, 1.165) is 23.1 Å². The number of imide groups is 1. The first-order chi connectivity index (χ1) is 9.04. The number of rotatable bonds is 4. The van der Waals surface area contributed by atoms with Crippen LogP contribution in [0.15, 0.2) is 29.2 Å². The minimum atomic E-state index is -0.338. The molecule has 0 saturated carbocycles. The van der Waals surface area contributed by atoms with Gasteiger partial charge in [-0.15, -0.1) is 0 Å². The minimum absolute atomic E-state index is 0.326. The van der Waals surface area contributed by atoms with Crippen molar-refractivity contribution < 1.29 is 14.3 Å². The maximum atomic E-state index is 11.4. The van der Waals surface area contributed by atoms with Gasteiger partial charge in [0.2, 0.25) is 0 Å². The molecule has 1 aliphatic rings. The van der Waals surface area contributed by atoms with Crippen molar-refractivity contribution in [3.8, 4) is 5.75 Å². The van der Waals surface area contributed by atoms with Crippen molar-refractivity contribution in [1.82, 2.24) is 5.32 Å². The Morgan fingerprint density at radius 2 is 1.95 bits per heavy atom. The van der Waals surface area contributed by atoms with E-state index < -0.39 is 0 Å².